The van der Waals surface area contributed by atoms with E-state index in [1.54, 1.807) is 11.3 Å². The van der Waals surface area contributed by atoms with Gasteiger partial charge in [0, 0.05) is 54.5 Å². The average Bonchev–Trinajstić information content (AvgIpc) is 3.01. The SMILES string of the molecule is NCc1cc(Br)cc(N2CCN(c3nccs3)CC2)c1. The first kappa shape index (κ1) is 13.9. The fourth-order valence-corrected chi connectivity index (χ4v) is 3.69. The molecule has 2 N–H and O–H groups in total. The van der Waals surface area contributed by atoms with Gasteiger partial charge in [-0.3, -0.25) is 0 Å². The maximum Gasteiger partial charge on any atom is 0.185 e. The Morgan fingerprint density at radius 3 is 2.55 bits per heavy atom. The van der Waals surface area contributed by atoms with E-state index >= 15 is 0 Å². The van der Waals surface area contributed by atoms with E-state index in [0.717, 1.165) is 41.3 Å². The van der Waals surface area contributed by atoms with E-state index in [1.807, 2.05) is 11.6 Å². The second-order valence-electron chi connectivity index (χ2n) is 4.81. The van der Waals surface area contributed by atoms with Gasteiger partial charge in [0.15, 0.2) is 5.13 Å². The van der Waals surface area contributed by atoms with Crippen LogP contribution in [0.3, 0.4) is 0 Å². The third kappa shape index (κ3) is 2.97. The van der Waals surface area contributed by atoms with Crippen LogP contribution in [0.2, 0.25) is 0 Å². The van der Waals surface area contributed by atoms with Crippen molar-refractivity contribution in [3.8, 4) is 0 Å². The van der Waals surface area contributed by atoms with Crippen LogP contribution in [0.1, 0.15) is 5.56 Å². The molecule has 0 radical (unpaired) electrons. The molecule has 0 amide bonds. The highest BCUT2D eigenvalue weighted by atomic mass is 79.9. The molecule has 1 aliphatic heterocycles. The normalized spacial score (nSPS) is 15.7. The second kappa shape index (κ2) is 6.11. The van der Waals surface area contributed by atoms with Crippen LogP contribution in [-0.2, 0) is 6.54 Å². The van der Waals surface area contributed by atoms with Crippen molar-refractivity contribution in [1.82, 2.24) is 4.98 Å². The van der Waals surface area contributed by atoms with Crippen LogP contribution in [0, 0.1) is 0 Å². The first-order chi connectivity index (χ1) is 9.76. The number of hydrogen-bond acceptors (Lipinski definition) is 5. The van der Waals surface area contributed by atoms with E-state index in [9.17, 15) is 0 Å². The lowest BCUT2D eigenvalue weighted by molar-refractivity contribution is 0.651. The highest BCUT2D eigenvalue weighted by Gasteiger charge is 2.19. The number of nitrogens with two attached hydrogens (primary N) is 1. The van der Waals surface area contributed by atoms with Gasteiger partial charge in [0.1, 0.15) is 0 Å². The summed E-state index contributed by atoms with van der Waals surface area (Å²) >= 11 is 5.27. The number of aromatic nitrogens is 1. The monoisotopic (exact) mass is 352 g/mol. The molecule has 0 bridgehead atoms. The Labute approximate surface area is 131 Å². The Hall–Kier alpha value is -1.11. The minimum absolute atomic E-state index is 0.575. The fourth-order valence-electron chi connectivity index (χ4n) is 2.46. The van der Waals surface area contributed by atoms with Gasteiger partial charge in [0.25, 0.3) is 0 Å². The standard InChI is InChI=1S/C14H17BrN4S/c15-12-7-11(10-16)8-13(9-12)18-2-4-19(5-3-18)14-17-1-6-20-14/h1,6-9H,2-5,10,16H2. The molecular weight excluding hydrogens is 336 g/mol. The Kier molecular flexibility index (Phi) is 4.24. The van der Waals surface area contributed by atoms with Crippen LogP contribution in [-0.4, -0.2) is 31.2 Å². The average molecular weight is 353 g/mol. The summed E-state index contributed by atoms with van der Waals surface area (Å²) in [5.41, 5.74) is 8.16. The zero-order chi connectivity index (χ0) is 13.9. The van der Waals surface area contributed by atoms with E-state index in [-0.39, 0.29) is 0 Å². The van der Waals surface area contributed by atoms with Gasteiger partial charge in [-0.1, -0.05) is 15.9 Å². The van der Waals surface area contributed by atoms with Gasteiger partial charge in [-0.15, -0.1) is 11.3 Å². The lowest BCUT2D eigenvalue weighted by Crippen LogP contribution is -2.46. The van der Waals surface area contributed by atoms with Gasteiger partial charge in [-0.25, -0.2) is 4.98 Å². The number of rotatable bonds is 3. The number of anilines is 2. The Bertz CT molecular complexity index is 565. The maximum absolute atomic E-state index is 5.75. The zero-order valence-corrected chi connectivity index (χ0v) is 13.5. The Morgan fingerprint density at radius 1 is 1.15 bits per heavy atom. The van der Waals surface area contributed by atoms with Crippen molar-refractivity contribution < 1.29 is 0 Å². The highest BCUT2D eigenvalue weighted by molar-refractivity contribution is 9.10. The minimum Gasteiger partial charge on any atom is -0.368 e. The van der Waals surface area contributed by atoms with Gasteiger partial charge in [-0.2, -0.15) is 0 Å². The molecule has 1 aromatic carbocycles. The van der Waals surface area contributed by atoms with Crippen molar-refractivity contribution in [2.75, 3.05) is 36.0 Å². The van der Waals surface area contributed by atoms with E-state index < -0.39 is 0 Å². The zero-order valence-electron chi connectivity index (χ0n) is 11.1. The first-order valence-corrected chi connectivity index (χ1v) is 8.32. The van der Waals surface area contributed by atoms with Gasteiger partial charge < -0.3 is 15.5 Å². The van der Waals surface area contributed by atoms with Crippen LogP contribution < -0.4 is 15.5 Å². The maximum atomic E-state index is 5.75. The molecule has 6 heteroatoms. The van der Waals surface area contributed by atoms with Crippen LogP contribution in [0.5, 0.6) is 0 Å². The summed E-state index contributed by atoms with van der Waals surface area (Å²) in [5.74, 6) is 0. The van der Waals surface area contributed by atoms with Gasteiger partial charge in [0.05, 0.1) is 0 Å². The molecule has 2 heterocycles. The van der Waals surface area contributed by atoms with Gasteiger partial charge >= 0.3 is 0 Å². The Balaban J connectivity index is 1.70. The van der Waals surface area contributed by atoms with Crippen LogP contribution in [0.25, 0.3) is 0 Å². The molecular formula is C14H17BrN4S. The van der Waals surface area contributed by atoms with E-state index in [1.165, 1.54) is 5.69 Å². The first-order valence-electron chi connectivity index (χ1n) is 6.65. The van der Waals surface area contributed by atoms with E-state index in [0.29, 0.717) is 6.54 Å². The number of piperazine rings is 1. The summed E-state index contributed by atoms with van der Waals surface area (Å²) in [6.07, 6.45) is 1.87. The van der Waals surface area contributed by atoms with E-state index in [4.69, 9.17) is 5.73 Å². The molecule has 4 nitrogen and oxygen atoms in total. The molecule has 1 aromatic heterocycles. The molecule has 0 atom stereocenters. The molecule has 20 heavy (non-hydrogen) atoms. The number of benzene rings is 1. The number of hydrogen-bond donors (Lipinski definition) is 1. The summed E-state index contributed by atoms with van der Waals surface area (Å²) in [4.78, 5) is 9.14. The van der Waals surface area contributed by atoms with Gasteiger partial charge in [-0.05, 0) is 23.8 Å². The van der Waals surface area contributed by atoms with Crippen molar-refractivity contribution >= 4 is 38.1 Å². The topological polar surface area (TPSA) is 45.4 Å². The molecule has 0 aliphatic carbocycles. The highest BCUT2D eigenvalue weighted by Crippen LogP contribution is 2.25. The molecule has 0 unspecified atom stereocenters. The molecule has 0 spiro atoms. The second-order valence-corrected chi connectivity index (χ2v) is 6.60. The van der Waals surface area contributed by atoms with Gasteiger partial charge in [0.2, 0.25) is 0 Å². The van der Waals surface area contributed by atoms with Crippen LogP contribution in [0.15, 0.2) is 34.2 Å². The molecule has 106 valence electrons. The number of nitrogens with zero attached hydrogens (tertiary/aromatic N) is 3. The number of thiazole rings is 1. The quantitative estimate of drug-likeness (QED) is 0.922. The predicted octanol–water partition coefficient (Wildman–Crippen LogP) is 2.69. The predicted molar refractivity (Wildman–Crippen MR) is 88.6 cm³/mol. The molecule has 1 aliphatic rings. The Morgan fingerprint density at radius 2 is 1.90 bits per heavy atom. The summed E-state index contributed by atoms with van der Waals surface area (Å²) in [5, 5.41) is 3.16. The number of halogens is 1. The third-order valence-electron chi connectivity index (χ3n) is 3.51. The molecule has 3 rings (SSSR count). The summed E-state index contributed by atoms with van der Waals surface area (Å²) < 4.78 is 1.10. The molecule has 1 fully saturated rings. The minimum atomic E-state index is 0.575. The fraction of sp³-hybridized carbons (Fsp3) is 0.357. The molecule has 1 saturated heterocycles. The van der Waals surface area contributed by atoms with E-state index in [2.05, 4.69) is 48.9 Å². The third-order valence-corrected chi connectivity index (χ3v) is 4.80. The molecule has 0 saturated carbocycles. The van der Waals surface area contributed by atoms with Crippen molar-refractivity contribution in [2.45, 2.75) is 6.54 Å². The summed E-state index contributed by atoms with van der Waals surface area (Å²) in [6, 6.07) is 6.43. The molecule has 2 aromatic rings. The van der Waals surface area contributed by atoms with Crippen molar-refractivity contribution in [2.24, 2.45) is 5.73 Å². The lowest BCUT2D eigenvalue weighted by atomic mass is 10.1. The summed E-state index contributed by atoms with van der Waals surface area (Å²) in [6.45, 7) is 4.63. The lowest BCUT2D eigenvalue weighted by Gasteiger charge is -2.36. The summed E-state index contributed by atoms with van der Waals surface area (Å²) in [7, 11) is 0. The van der Waals surface area contributed by atoms with Crippen LogP contribution >= 0.6 is 27.3 Å². The smallest absolute Gasteiger partial charge is 0.185 e. The van der Waals surface area contributed by atoms with Crippen molar-refractivity contribution in [1.29, 1.82) is 0 Å². The van der Waals surface area contributed by atoms with Crippen LogP contribution in [0.4, 0.5) is 10.8 Å². The van der Waals surface area contributed by atoms with Crippen molar-refractivity contribution in [3.63, 3.8) is 0 Å². The largest absolute Gasteiger partial charge is 0.368 e. The van der Waals surface area contributed by atoms with Crippen molar-refractivity contribution in [3.05, 3.63) is 39.8 Å².